The van der Waals surface area contributed by atoms with E-state index in [9.17, 15) is 19.5 Å². The van der Waals surface area contributed by atoms with E-state index in [4.69, 9.17) is 4.74 Å². The average molecular weight is 384 g/mol. The van der Waals surface area contributed by atoms with Crippen LogP contribution in [0, 0.1) is 11.8 Å². The number of carboxylic acid groups (broad SMARTS) is 1. The first-order valence-electron chi connectivity index (χ1n) is 7.35. The van der Waals surface area contributed by atoms with Gasteiger partial charge in [-0.2, -0.15) is 0 Å². The zero-order valence-corrected chi connectivity index (χ0v) is 14.3. The van der Waals surface area contributed by atoms with Gasteiger partial charge in [0.1, 0.15) is 0 Å². The number of carbonyl (C=O) groups excluding carboxylic acids is 2. The SMILES string of the molecule is COC(=O)c1cc(Br)ccc1NC(=O)C1CCCCC1C(=O)O. The van der Waals surface area contributed by atoms with Gasteiger partial charge in [0.25, 0.3) is 0 Å². The third kappa shape index (κ3) is 4.10. The molecular formula is C16H18BrNO5. The second-order valence-electron chi connectivity index (χ2n) is 5.51. The number of ether oxygens (including phenoxy) is 1. The lowest BCUT2D eigenvalue weighted by molar-refractivity contribution is -0.147. The third-order valence-corrected chi connectivity index (χ3v) is 4.56. The maximum absolute atomic E-state index is 12.5. The number of halogens is 1. The number of amides is 1. The Morgan fingerprint density at radius 1 is 1.22 bits per heavy atom. The molecule has 1 aliphatic rings. The van der Waals surface area contributed by atoms with Crippen molar-refractivity contribution in [1.29, 1.82) is 0 Å². The van der Waals surface area contributed by atoms with Crippen molar-refractivity contribution >= 4 is 39.5 Å². The van der Waals surface area contributed by atoms with Gasteiger partial charge in [-0.3, -0.25) is 9.59 Å². The highest BCUT2D eigenvalue weighted by molar-refractivity contribution is 9.10. The number of benzene rings is 1. The molecule has 2 unspecified atom stereocenters. The molecule has 0 bridgehead atoms. The van der Waals surface area contributed by atoms with E-state index in [1.54, 1.807) is 18.2 Å². The van der Waals surface area contributed by atoms with Crippen LogP contribution >= 0.6 is 15.9 Å². The van der Waals surface area contributed by atoms with Crippen molar-refractivity contribution in [2.24, 2.45) is 11.8 Å². The Morgan fingerprint density at radius 3 is 2.48 bits per heavy atom. The minimum atomic E-state index is -0.950. The molecule has 1 saturated carbocycles. The number of nitrogens with one attached hydrogen (secondary N) is 1. The fourth-order valence-electron chi connectivity index (χ4n) is 2.87. The predicted molar refractivity (Wildman–Crippen MR) is 87.2 cm³/mol. The van der Waals surface area contributed by atoms with Gasteiger partial charge in [0.2, 0.25) is 5.91 Å². The van der Waals surface area contributed by atoms with E-state index in [0.717, 1.165) is 12.8 Å². The quantitative estimate of drug-likeness (QED) is 0.779. The number of aliphatic carboxylic acids is 1. The average Bonchev–Trinajstić information content (AvgIpc) is 2.55. The van der Waals surface area contributed by atoms with Crippen molar-refractivity contribution < 1.29 is 24.2 Å². The summed E-state index contributed by atoms with van der Waals surface area (Å²) in [7, 11) is 1.26. The summed E-state index contributed by atoms with van der Waals surface area (Å²) in [4.78, 5) is 35.6. The summed E-state index contributed by atoms with van der Waals surface area (Å²) in [6, 6.07) is 4.83. The van der Waals surface area contributed by atoms with Gasteiger partial charge in [0, 0.05) is 4.47 Å². The lowest BCUT2D eigenvalue weighted by Crippen LogP contribution is -2.36. The first-order chi connectivity index (χ1) is 10.9. The topological polar surface area (TPSA) is 92.7 Å². The van der Waals surface area contributed by atoms with Crippen molar-refractivity contribution in [3.8, 4) is 0 Å². The Morgan fingerprint density at radius 2 is 1.87 bits per heavy atom. The molecule has 2 N–H and O–H groups in total. The standard InChI is InChI=1S/C16H18BrNO5/c1-23-16(22)12-8-9(17)6-7-13(12)18-14(19)10-4-2-3-5-11(10)15(20)21/h6-8,10-11H,2-5H2,1H3,(H,18,19)(H,20,21). The van der Waals surface area contributed by atoms with Crippen LogP contribution in [0.3, 0.4) is 0 Å². The highest BCUT2D eigenvalue weighted by atomic mass is 79.9. The van der Waals surface area contributed by atoms with E-state index in [0.29, 0.717) is 23.0 Å². The number of carboxylic acids is 1. The molecule has 124 valence electrons. The molecule has 7 heteroatoms. The molecule has 23 heavy (non-hydrogen) atoms. The molecule has 0 radical (unpaired) electrons. The zero-order valence-electron chi connectivity index (χ0n) is 12.7. The van der Waals surface area contributed by atoms with Gasteiger partial charge in [-0.05, 0) is 31.0 Å². The van der Waals surface area contributed by atoms with Crippen LogP contribution in [-0.2, 0) is 14.3 Å². The maximum atomic E-state index is 12.5. The summed E-state index contributed by atoms with van der Waals surface area (Å²) in [6.07, 6.45) is 2.67. The smallest absolute Gasteiger partial charge is 0.340 e. The van der Waals surface area contributed by atoms with Crippen molar-refractivity contribution in [2.75, 3.05) is 12.4 Å². The number of rotatable bonds is 4. The maximum Gasteiger partial charge on any atom is 0.340 e. The molecule has 0 spiro atoms. The first kappa shape index (κ1) is 17.5. The molecule has 2 rings (SSSR count). The second kappa shape index (κ2) is 7.59. The Labute approximate surface area is 142 Å². The summed E-state index contributed by atoms with van der Waals surface area (Å²) in [5.41, 5.74) is 0.540. The Bertz CT molecular complexity index is 631. The fraction of sp³-hybridized carbons (Fsp3) is 0.438. The summed E-state index contributed by atoms with van der Waals surface area (Å²) in [5.74, 6) is -3.16. The molecule has 1 aliphatic carbocycles. The predicted octanol–water partition coefficient (Wildman–Crippen LogP) is 3.07. The zero-order chi connectivity index (χ0) is 17.0. The molecule has 1 amide bonds. The van der Waals surface area contributed by atoms with Crippen LogP contribution in [0.15, 0.2) is 22.7 Å². The first-order valence-corrected chi connectivity index (χ1v) is 8.15. The molecule has 1 aromatic rings. The Kier molecular flexibility index (Phi) is 5.76. The lowest BCUT2D eigenvalue weighted by atomic mass is 9.78. The van der Waals surface area contributed by atoms with E-state index < -0.39 is 23.8 Å². The number of hydrogen-bond acceptors (Lipinski definition) is 4. The van der Waals surface area contributed by atoms with Crippen molar-refractivity contribution in [3.05, 3.63) is 28.2 Å². The fourth-order valence-corrected chi connectivity index (χ4v) is 3.23. The molecule has 0 aromatic heterocycles. The number of esters is 1. The Hall–Kier alpha value is -1.89. The number of anilines is 1. The third-order valence-electron chi connectivity index (χ3n) is 4.06. The normalized spacial score (nSPS) is 20.6. The van der Waals surface area contributed by atoms with E-state index in [-0.39, 0.29) is 11.5 Å². The summed E-state index contributed by atoms with van der Waals surface area (Å²) < 4.78 is 5.39. The largest absolute Gasteiger partial charge is 0.481 e. The van der Waals surface area contributed by atoms with Gasteiger partial charge in [0.05, 0.1) is 30.2 Å². The monoisotopic (exact) mass is 383 g/mol. The van der Waals surface area contributed by atoms with Crippen LogP contribution in [-0.4, -0.2) is 30.1 Å². The Balaban J connectivity index is 2.22. The van der Waals surface area contributed by atoms with Crippen LogP contribution in [0.4, 0.5) is 5.69 Å². The van der Waals surface area contributed by atoms with E-state index >= 15 is 0 Å². The number of carbonyl (C=O) groups is 3. The molecule has 0 heterocycles. The van der Waals surface area contributed by atoms with Crippen molar-refractivity contribution in [3.63, 3.8) is 0 Å². The van der Waals surface area contributed by atoms with Crippen molar-refractivity contribution in [2.45, 2.75) is 25.7 Å². The second-order valence-corrected chi connectivity index (χ2v) is 6.42. The van der Waals surface area contributed by atoms with Crippen LogP contribution < -0.4 is 5.32 Å². The highest BCUT2D eigenvalue weighted by Crippen LogP contribution is 2.32. The lowest BCUT2D eigenvalue weighted by Gasteiger charge is -2.27. The van der Waals surface area contributed by atoms with E-state index in [2.05, 4.69) is 21.2 Å². The minimum absolute atomic E-state index is 0.220. The van der Waals surface area contributed by atoms with Crippen molar-refractivity contribution in [1.82, 2.24) is 0 Å². The van der Waals surface area contributed by atoms with Crippen LogP contribution in [0.25, 0.3) is 0 Å². The summed E-state index contributed by atoms with van der Waals surface area (Å²) in [5, 5.41) is 12.0. The van der Waals surface area contributed by atoms with E-state index in [1.807, 2.05) is 0 Å². The van der Waals surface area contributed by atoms with Gasteiger partial charge < -0.3 is 15.2 Å². The highest BCUT2D eigenvalue weighted by Gasteiger charge is 2.36. The molecule has 1 aromatic carbocycles. The molecule has 2 atom stereocenters. The van der Waals surface area contributed by atoms with Crippen LogP contribution in [0.1, 0.15) is 36.0 Å². The molecule has 6 nitrogen and oxygen atoms in total. The van der Waals surface area contributed by atoms with Crippen LogP contribution in [0.2, 0.25) is 0 Å². The van der Waals surface area contributed by atoms with Gasteiger partial charge >= 0.3 is 11.9 Å². The van der Waals surface area contributed by atoms with Gasteiger partial charge in [-0.25, -0.2) is 4.79 Å². The summed E-state index contributed by atoms with van der Waals surface area (Å²) in [6.45, 7) is 0. The van der Waals surface area contributed by atoms with E-state index in [1.165, 1.54) is 7.11 Å². The van der Waals surface area contributed by atoms with Gasteiger partial charge in [-0.15, -0.1) is 0 Å². The number of methoxy groups -OCH3 is 1. The van der Waals surface area contributed by atoms with Crippen LogP contribution in [0.5, 0.6) is 0 Å². The minimum Gasteiger partial charge on any atom is -0.481 e. The summed E-state index contributed by atoms with van der Waals surface area (Å²) >= 11 is 3.27. The molecular weight excluding hydrogens is 366 g/mol. The van der Waals surface area contributed by atoms with Gasteiger partial charge in [-0.1, -0.05) is 28.8 Å². The molecule has 1 fully saturated rings. The molecule has 0 aliphatic heterocycles. The van der Waals surface area contributed by atoms with Gasteiger partial charge in [0.15, 0.2) is 0 Å². The molecule has 0 saturated heterocycles. The number of hydrogen-bond donors (Lipinski definition) is 2.